The summed E-state index contributed by atoms with van der Waals surface area (Å²) in [5.41, 5.74) is 0.237. The van der Waals surface area contributed by atoms with Gasteiger partial charge >= 0.3 is 13.3 Å². The van der Waals surface area contributed by atoms with Crippen LogP contribution in [0.15, 0.2) is 15.8 Å². The van der Waals surface area contributed by atoms with E-state index in [-0.39, 0.29) is 19.1 Å². The molecule has 1 aromatic heterocycles. The molecule has 1 N–H and O–H groups in total. The maximum absolute atomic E-state index is 13.0. The molecule has 0 bridgehead atoms. The first kappa shape index (κ1) is 29.2. The Kier molecular flexibility index (Phi) is 10.1. The summed E-state index contributed by atoms with van der Waals surface area (Å²) >= 11 is 0. The van der Waals surface area contributed by atoms with Gasteiger partial charge in [0.25, 0.3) is 5.56 Å². The molecule has 9 nitrogen and oxygen atoms in total. The number of rotatable bonds is 12. The van der Waals surface area contributed by atoms with Crippen LogP contribution in [0.1, 0.15) is 73.1 Å². The maximum Gasteiger partial charge on any atom is 0.330 e. The highest BCUT2D eigenvalue weighted by Crippen LogP contribution is 2.50. The van der Waals surface area contributed by atoms with Crippen molar-refractivity contribution in [3.8, 4) is 0 Å². The van der Waals surface area contributed by atoms with Gasteiger partial charge in [-0.15, -0.1) is 0 Å². The lowest BCUT2D eigenvalue weighted by molar-refractivity contribution is -0.0419. The molecule has 2 rings (SSSR count). The zero-order chi connectivity index (χ0) is 25.8. The summed E-state index contributed by atoms with van der Waals surface area (Å²) in [6, 6.07) is 1.03. The van der Waals surface area contributed by atoms with Crippen molar-refractivity contribution in [1.29, 1.82) is 0 Å². The number of ether oxygens (including phenoxy) is 1. The summed E-state index contributed by atoms with van der Waals surface area (Å²) in [7, 11) is -5.48. The second-order valence-electron chi connectivity index (χ2n) is 10.2. The molecule has 1 aliphatic rings. The van der Waals surface area contributed by atoms with Gasteiger partial charge in [-0.2, -0.15) is 0 Å². The average Bonchev–Trinajstić information content (AvgIpc) is 3.07. The molecule has 196 valence electrons. The lowest BCUT2D eigenvalue weighted by Gasteiger charge is -2.39. The number of nitrogens with zero attached hydrogens (tertiary/aromatic N) is 1. The van der Waals surface area contributed by atoms with E-state index in [0.717, 1.165) is 12.5 Å². The zero-order valence-corrected chi connectivity index (χ0v) is 24.0. The Morgan fingerprint density at radius 2 is 1.82 bits per heavy atom. The number of H-pyrrole nitrogens is 1. The Labute approximate surface area is 204 Å². The van der Waals surface area contributed by atoms with Crippen LogP contribution in [-0.4, -0.2) is 49.5 Å². The molecular weight excluding hydrogens is 475 g/mol. The molecular formula is C23H43N2O7PSi. The molecule has 0 amide bonds. The van der Waals surface area contributed by atoms with Crippen LogP contribution in [0.4, 0.5) is 0 Å². The van der Waals surface area contributed by atoms with E-state index < -0.39 is 45.6 Å². The maximum atomic E-state index is 13.0. The van der Waals surface area contributed by atoms with Crippen molar-refractivity contribution in [2.24, 2.45) is 0 Å². The van der Waals surface area contributed by atoms with Gasteiger partial charge < -0.3 is 18.2 Å². The summed E-state index contributed by atoms with van der Waals surface area (Å²) < 4.78 is 38.8. The molecule has 1 fully saturated rings. The van der Waals surface area contributed by atoms with Crippen LogP contribution in [0.25, 0.3) is 0 Å². The molecule has 0 spiro atoms. The third kappa shape index (κ3) is 7.01. The van der Waals surface area contributed by atoms with E-state index in [1.807, 2.05) is 0 Å². The summed E-state index contributed by atoms with van der Waals surface area (Å²) in [6.07, 6.45) is 0.738. The normalized spacial score (nSPS) is 23.2. The van der Waals surface area contributed by atoms with Crippen LogP contribution in [-0.2, 0) is 22.8 Å². The first-order chi connectivity index (χ1) is 15.7. The van der Waals surface area contributed by atoms with Gasteiger partial charge in [-0.05, 0) is 37.9 Å². The summed E-state index contributed by atoms with van der Waals surface area (Å²) in [5.74, 6) is 0. The Morgan fingerprint density at radius 3 is 2.35 bits per heavy atom. The first-order valence-electron chi connectivity index (χ1n) is 12.3. The van der Waals surface area contributed by atoms with E-state index in [9.17, 15) is 14.2 Å². The Bertz CT molecular complexity index is 967. The minimum absolute atomic E-state index is 0.264. The molecule has 0 radical (unpaired) electrons. The van der Waals surface area contributed by atoms with E-state index in [4.69, 9.17) is 18.2 Å². The minimum Gasteiger partial charge on any atom is -0.414 e. The van der Waals surface area contributed by atoms with Gasteiger partial charge in [-0.25, -0.2) is 4.79 Å². The number of hydrogen-bond acceptors (Lipinski definition) is 7. The third-order valence-electron chi connectivity index (χ3n) is 6.48. The first-order valence-corrected chi connectivity index (χ1v) is 16.5. The van der Waals surface area contributed by atoms with E-state index >= 15 is 0 Å². The Morgan fingerprint density at radius 1 is 1.21 bits per heavy atom. The number of nitrogens with one attached hydrogen (secondary N) is 1. The lowest BCUT2D eigenvalue weighted by atomic mass is 10.2. The van der Waals surface area contributed by atoms with Crippen molar-refractivity contribution in [3.05, 3.63) is 32.6 Å². The van der Waals surface area contributed by atoms with E-state index in [1.165, 1.54) is 17.4 Å². The number of aromatic nitrogens is 2. The molecule has 4 atom stereocenters. The second kappa shape index (κ2) is 11.8. The number of aryl methyl sites for hydroxylation is 1. The predicted octanol–water partition coefficient (Wildman–Crippen LogP) is 4.96. The molecule has 1 aromatic rings. The molecule has 0 saturated carbocycles. The highest BCUT2D eigenvalue weighted by molar-refractivity contribution is 7.53. The summed E-state index contributed by atoms with van der Waals surface area (Å²) in [6.45, 7) is 18.0. The van der Waals surface area contributed by atoms with Gasteiger partial charge in [-0.1, -0.05) is 41.0 Å². The quantitative estimate of drug-likeness (QED) is 0.308. The monoisotopic (exact) mass is 518 g/mol. The standard InChI is InChI=1S/C23H43N2O7PSi/c1-10-11-34(16(4)5,17(6)7)29-14-20-19(32-33(9,28)31-15(2)3)12-21(30-20)25-13-18(8)22(26)24-23(25)27/h13,15-17,19-21H,10-12,14H2,1-9H3,(H,24,26,27)/t19?,20-,21-,33?/m1/s1. The summed E-state index contributed by atoms with van der Waals surface area (Å²) in [4.78, 5) is 26.6. The minimum atomic E-state index is -3.37. The molecule has 1 saturated heterocycles. The predicted molar refractivity (Wildman–Crippen MR) is 136 cm³/mol. The topological polar surface area (TPSA) is 109 Å². The van der Waals surface area contributed by atoms with Gasteiger partial charge in [0.05, 0.1) is 18.8 Å². The van der Waals surface area contributed by atoms with Crippen molar-refractivity contribution in [1.82, 2.24) is 9.55 Å². The van der Waals surface area contributed by atoms with Crippen molar-refractivity contribution in [3.63, 3.8) is 0 Å². The fraction of sp³-hybridized carbons (Fsp3) is 0.826. The molecule has 1 aliphatic heterocycles. The molecule has 11 heteroatoms. The molecule has 0 aromatic carbocycles. The number of aromatic amines is 1. The van der Waals surface area contributed by atoms with Gasteiger partial charge in [-0.3, -0.25) is 18.9 Å². The van der Waals surface area contributed by atoms with Crippen LogP contribution in [0.5, 0.6) is 0 Å². The van der Waals surface area contributed by atoms with Crippen molar-refractivity contribution in [2.45, 2.75) is 110 Å². The van der Waals surface area contributed by atoms with E-state index in [0.29, 0.717) is 16.6 Å². The smallest absolute Gasteiger partial charge is 0.330 e. The summed E-state index contributed by atoms with van der Waals surface area (Å²) in [5, 5.41) is 0. The fourth-order valence-electron chi connectivity index (χ4n) is 4.86. The average molecular weight is 519 g/mol. The van der Waals surface area contributed by atoms with Gasteiger partial charge in [0, 0.05) is 24.8 Å². The molecule has 2 heterocycles. The van der Waals surface area contributed by atoms with Crippen molar-refractivity contribution < 1.29 is 22.8 Å². The van der Waals surface area contributed by atoms with Crippen LogP contribution in [0.3, 0.4) is 0 Å². The van der Waals surface area contributed by atoms with Crippen LogP contribution < -0.4 is 11.2 Å². The molecule has 0 aliphatic carbocycles. The van der Waals surface area contributed by atoms with Gasteiger partial charge in [0.2, 0.25) is 0 Å². The van der Waals surface area contributed by atoms with Crippen molar-refractivity contribution >= 4 is 15.9 Å². The van der Waals surface area contributed by atoms with E-state index in [1.54, 1.807) is 20.8 Å². The Balaban J connectivity index is 2.35. The van der Waals surface area contributed by atoms with E-state index in [2.05, 4.69) is 39.6 Å². The second-order valence-corrected chi connectivity index (χ2v) is 17.2. The Hall–Kier alpha value is -1.03. The van der Waals surface area contributed by atoms with Crippen LogP contribution in [0, 0.1) is 6.92 Å². The largest absolute Gasteiger partial charge is 0.414 e. The van der Waals surface area contributed by atoms with Gasteiger partial charge in [0.15, 0.2) is 8.32 Å². The van der Waals surface area contributed by atoms with Crippen LogP contribution in [0.2, 0.25) is 17.1 Å². The highest BCUT2D eigenvalue weighted by Gasteiger charge is 2.45. The molecule has 2 unspecified atom stereocenters. The molecule has 34 heavy (non-hydrogen) atoms. The zero-order valence-electron chi connectivity index (χ0n) is 22.1. The lowest BCUT2D eigenvalue weighted by Crippen LogP contribution is -2.47. The van der Waals surface area contributed by atoms with Crippen LogP contribution >= 0.6 is 7.60 Å². The highest BCUT2D eigenvalue weighted by atomic mass is 31.2. The SMILES string of the molecule is CCC[Si](OC[C@H]1O[C@@H](n2cc(C)c(=O)[nH]c2=O)CC1OP(C)(=O)OC(C)C)(C(C)C)C(C)C. The van der Waals surface area contributed by atoms with Gasteiger partial charge in [0.1, 0.15) is 12.3 Å². The fourth-order valence-corrected chi connectivity index (χ4v) is 10.9. The van der Waals surface area contributed by atoms with Crippen molar-refractivity contribution in [2.75, 3.05) is 13.3 Å². The third-order valence-corrected chi connectivity index (χ3v) is 13.8. The number of hydrogen-bond donors (Lipinski definition) is 1.